The molecule has 0 aliphatic heterocycles. The molecule has 2 N–H and O–H groups in total. The number of hydrogen-bond acceptors (Lipinski definition) is 4. The number of halogens is 1. The van der Waals surface area contributed by atoms with Gasteiger partial charge in [0.2, 0.25) is 0 Å². The highest BCUT2D eigenvalue weighted by Crippen LogP contribution is 2.30. The van der Waals surface area contributed by atoms with Crippen LogP contribution in [-0.2, 0) is 10.0 Å². The van der Waals surface area contributed by atoms with Crippen LogP contribution < -0.4 is 9.46 Å². The van der Waals surface area contributed by atoms with E-state index >= 15 is 0 Å². The van der Waals surface area contributed by atoms with Crippen LogP contribution in [0.3, 0.4) is 0 Å². The normalized spacial score (nSPS) is 11.1. The molecule has 0 atom stereocenters. The Morgan fingerprint density at radius 1 is 1.20 bits per heavy atom. The average Bonchev–Trinajstić information content (AvgIpc) is 2.41. The second-order valence-electron chi connectivity index (χ2n) is 3.92. The number of methoxy groups -OCH3 is 1. The maximum Gasteiger partial charge on any atom is 0.264 e. The van der Waals surface area contributed by atoms with Crippen LogP contribution in [-0.4, -0.2) is 20.6 Å². The van der Waals surface area contributed by atoms with Crippen LogP contribution >= 0.6 is 0 Å². The molecule has 0 amide bonds. The lowest BCUT2D eigenvalue weighted by atomic mass is 10.3. The number of hydrogen-bond donors (Lipinski definition) is 2. The van der Waals surface area contributed by atoms with Gasteiger partial charge in [0.1, 0.15) is 22.2 Å². The molecule has 0 radical (unpaired) electrons. The number of anilines is 1. The third-order valence-electron chi connectivity index (χ3n) is 2.57. The molecule has 106 valence electrons. The lowest BCUT2D eigenvalue weighted by Gasteiger charge is -2.11. The largest absolute Gasteiger partial charge is 0.506 e. The van der Waals surface area contributed by atoms with Crippen LogP contribution in [0.5, 0.6) is 11.5 Å². The molecule has 2 aromatic rings. The van der Waals surface area contributed by atoms with Crippen molar-refractivity contribution in [2.45, 2.75) is 4.90 Å². The molecule has 0 saturated carbocycles. The monoisotopic (exact) mass is 297 g/mol. The van der Waals surface area contributed by atoms with Crippen LogP contribution in [0.1, 0.15) is 0 Å². The van der Waals surface area contributed by atoms with E-state index in [2.05, 4.69) is 4.72 Å². The molecule has 0 aromatic heterocycles. The predicted octanol–water partition coefficient (Wildman–Crippen LogP) is 2.34. The predicted molar refractivity (Wildman–Crippen MR) is 71.9 cm³/mol. The third-order valence-corrected chi connectivity index (χ3v) is 3.97. The minimum atomic E-state index is -4.13. The molecule has 0 heterocycles. The first-order valence-electron chi connectivity index (χ1n) is 5.58. The summed E-state index contributed by atoms with van der Waals surface area (Å²) in [7, 11) is -2.73. The van der Waals surface area contributed by atoms with Gasteiger partial charge in [-0.15, -0.1) is 0 Å². The summed E-state index contributed by atoms with van der Waals surface area (Å²) in [5.41, 5.74) is -0.0902. The fourth-order valence-electron chi connectivity index (χ4n) is 1.59. The topological polar surface area (TPSA) is 75.6 Å². The summed E-state index contributed by atoms with van der Waals surface area (Å²) in [4.78, 5) is -0.498. The fourth-order valence-corrected chi connectivity index (χ4v) is 2.73. The van der Waals surface area contributed by atoms with Gasteiger partial charge in [-0.25, -0.2) is 12.8 Å². The second kappa shape index (κ2) is 5.38. The van der Waals surface area contributed by atoms with E-state index in [1.165, 1.54) is 37.4 Å². The summed E-state index contributed by atoms with van der Waals surface area (Å²) in [5, 5.41) is 9.63. The molecule has 0 saturated heterocycles. The van der Waals surface area contributed by atoms with Gasteiger partial charge in [0, 0.05) is 6.07 Å². The first kappa shape index (κ1) is 14.1. The molecule has 2 rings (SSSR count). The summed E-state index contributed by atoms with van der Waals surface area (Å²) in [6.07, 6.45) is 0. The molecule has 0 fully saturated rings. The van der Waals surface area contributed by atoms with E-state index in [1.807, 2.05) is 0 Å². The molecule has 0 aliphatic rings. The highest BCUT2D eigenvalue weighted by atomic mass is 32.2. The summed E-state index contributed by atoms with van der Waals surface area (Å²) >= 11 is 0. The highest BCUT2D eigenvalue weighted by molar-refractivity contribution is 7.92. The lowest BCUT2D eigenvalue weighted by Crippen LogP contribution is -2.14. The highest BCUT2D eigenvalue weighted by Gasteiger charge is 2.20. The van der Waals surface area contributed by atoms with Gasteiger partial charge in [0.05, 0.1) is 12.8 Å². The minimum Gasteiger partial charge on any atom is -0.506 e. The van der Waals surface area contributed by atoms with Crippen LogP contribution in [0.2, 0.25) is 0 Å². The molecule has 2 aromatic carbocycles. The Kier molecular flexibility index (Phi) is 3.80. The van der Waals surface area contributed by atoms with Crippen molar-refractivity contribution in [3.8, 4) is 11.5 Å². The van der Waals surface area contributed by atoms with E-state index in [0.29, 0.717) is 5.75 Å². The van der Waals surface area contributed by atoms with Gasteiger partial charge >= 0.3 is 0 Å². The maximum atomic E-state index is 13.5. The average molecular weight is 297 g/mol. The number of benzene rings is 2. The van der Waals surface area contributed by atoms with Gasteiger partial charge in [-0.05, 0) is 24.3 Å². The SMILES string of the molecule is COc1ccc(O)c(NS(=O)(=O)c2ccccc2F)c1. The van der Waals surface area contributed by atoms with Crippen molar-refractivity contribution >= 4 is 15.7 Å². The van der Waals surface area contributed by atoms with Gasteiger partial charge < -0.3 is 9.84 Å². The Bertz CT molecular complexity index is 731. The van der Waals surface area contributed by atoms with Gasteiger partial charge in [-0.3, -0.25) is 4.72 Å². The standard InChI is InChI=1S/C13H12FNO4S/c1-19-9-6-7-12(16)11(8-9)15-20(17,18)13-5-3-2-4-10(13)14/h2-8,15-16H,1H3. The number of sulfonamides is 1. The molecular weight excluding hydrogens is 285 g/mol. The van der Waals surface area contributed by atoms with E-state index in [0.717, 1.165) is 12.1 Å². The van der Waals surface area contributed by atoms with Gasteiger partial charge in [0.25, 0.3) is 10.0 Å². The number of nitrogens with one attached hydrogen (secondary N) is 1. The Hall–Kier alpha value is -2.28. The zero-order chi connectivity index (χ0) is 14.8. The zero-order valence-electron chi connectivity index (χ0n) is 10.5. The summed E-state index contributed by atoms with van der Waals surface area (Å²) in [5.74, 6) is -0.804. The van der Waals surface area contributed by atoms with Gasteiger partial charge in [-0.2, -0.15) is 0 Å². The number of aromatic hydroxyl groups is 1. The number of ether oxygens (including phenoxy) is 1. The maximum absolute atomic E-state index is 13.5. The van der Waals surface area contributed by atoms with Crippen molar-refractivity contribution in [1.29, 1.82) is 0 Å². The van der Waals surface area contributed by atoms with Gasteiger partial charge in [0.15, 0.2) is 0 Å². The van der Waals surface area contributed by atoms with E-state index in [4.69, 9.17) is 4.74 Å². The second-order valence-corrected chi connectivity index (χ2v) is 5.57. The Labute approximate surface area is 115 Å². The number of phenols is 1. The Morgan fingerprint density at radius 2 is 1.90 bits per heavy atom. The third kappa shape index (κ3) is 2.83. The first-order valence-corrected chi connectivity index (χ1v) is 7.07. The minimum absolute atomic E-state index is 0.0902. The quantitative estimate of drug-likeness (QED) is 0.849. The van der Waals surface area contributed by atoms with Crippen LogP contribution in [0.25, 0.3) is 0 Å². The van der Waals surface area contributed by atoms with Crippen molar-refractivity contribution in [2.24, 2.45) is 0 Å². The zero-order valence-corrected chi connectivity index (χ0v) is 11.3. The smallest absolute Gasteiger partial charge is 0.264 e. The molecule has 0 aliphatic carbocycles. The van der Waals surface area contributed by atoms with Crippen molar-refractivity contribution in [3.63, 3.8) is 0 Å². The molecule has 5 nitrogen and oxygen atoms in total. The van der Waals surface area contributed by atoms with E-state index in [1.54, 1.807) is 0 Å². The Morgan fingerprint density at radius 3 is 2.55 bits per heavy atom. The summed E-state index contributed by atoms with van der Waals surface area (Å²) in [6.45, 7) is 0. The number of phenolic OH excluding ortho intramolecular Hbond substituents is 1. The lowest BCUT2D eigenvalue weighted by molar-refractivity contribution is 0.413. The van der Waals surface area contributed by atoms with Crippen molar-refractivity contribution < 1.29 is 22.7 Å². The molecular formula is C13H12FNO4S. The van der Waals surface area contributed by atoms with E-state index in [9.17, 15) is 17.9 Å². The Balaban J connectivity index is 2.41. The summed E-state index contributed by atoms with van der Waals surface area (Å²) < 4.78 is 44.7. The van der Waals surface area contributed by atoms with E-state index < -0.39 is 20.7 Å². The van der Waals surface area contributed by atoms with Crippen molar-refractivity contribution in [1.82, 2.24) is 0 Å². The van der Waals surface area contributed by atoms with Crippen LogP contribution in [0.15, 0.2) is 47.4 Å². The van der Waals surface area contributed by atoms with E-state index in [-0.39, 0.29) is 11.4 Å². The van der Waals surface area contributed by atoms with Crippen LogP contribution in [0.4, 0.5) is 10.1 Å². The first-order chi connectivity index (χ1) is 9.44. The fraction of sp³-hybridized carbons (Fsp3) is 0.0769. The summed E-state index contributed by atoms with van der Waals surface area (Å²) in [6, 6.07) is 9.01. The molecule has 7 heteroatoms. The van der Waals surface area contributed by atoms with Crippen molar-refractivity contribution in [3.05, 3.63) is 48.3 Å². The molecule has 0 bridgehead atoms. The number of rotatable bonds is 4. The molecule has 0 unspecified atom stereocenters. The van der Waals surface area contributed by atoms with Crippen molar-refractivity contribution in [2.75, 3.05) is 11.8 Å². The molecule has 20 heavy (non-hydrogen) atoms. The molecule has 0 spiro atoms. The van der Waals surface area contributed by atoms with Gasteiger partial charge in [-0.1, -0.05) is 12.1 Å². The van der Waals surface area contributed by atoms with Crippen LogP contribution in [0, 0.1) is 5.82 Å².